The van der Waals surface area contributed by atoms with Gasteiger partial charge >= 0.3 is 0 Å². The van der Waals surface area contributed by atoms with E-state index in [1.807, 2.05) is 60.7 Å². The molecule has 0 atom stereocenters. The molecule has 176 valence electrons. The highest BCUT2D eigenvalue weighted by molar-refractivity contribution is 7.99. The van der Waals surface area contributed by atoms with Crippen LogP contribution in [0, 0.1) is 6.92 Å². The largest absolute Gasteiger partial charge is 0.493 e. The van der Waals surface area contributed by atoms with E-state index in [0.29, 0.717) is 29.7 Å². The minimum atomic E-state index is 0.431. The molecule has 0 aliphatic heterocycles. The zero-order chi connectivity index (χ0) is 23.8. The Labute approximate surface area is 208 Å². The Bertz CT molecular complexity index is 1220. The summed E-state index contributed by atoms with van der Waals surface area (Å²) in [5.41, 5.74) is 4.25. The van der Waals surface area contributed by atoms with Crippen molar-refractivity contribution < 1.29 is 9.47 Å². The minimum Gasteiger partial charge on any atom is -0.493 e. The van der Waals surface area contributed by atoms with Gasteiger partial charge in [-0.05, 0) is 58.3 Å². The van der Waals surface area contributed by atoms with E-state index < -0.39 is 0 Å². The molecule has 0 radical (unpaired) electrons. The number of benzene rings is 3. The number of aromatic nitrogens is 4. The molecule has 7 nitrogen and oxygen atoms in total. The van der Waals surface area contributed by atoms with E-state index in [9.17, 15) is 0 Å². The molecule has 0 aliphatic carbocycles. The van der Waals surface area contributed by atoms with Crippen LogP contribution in [0.3, 0.4) is 0 Å². The van der Waals surface area contributed by atoms with Crippen molar-refractivity contribution in [3.8, 4) is 17.2 Å². The Kier molecular flexibility index (Phi) is 8.41. The van der Waals surface area contributed by atoms with Gasteiger partial charge in [0.15, 0.2) is 11.5 Å². The molecule has 0 fully saturated rings. The lowest BCUT2D eigenvalue weighted by molar-refractivity contribution is 0.284. The van der Waals surface area contributed by atoms with E-state index in [4.69, 9.17) is 21.1 Å². The number of hydrogen-bond donors (Lipinski definition) is 1. The molecule has 0 aliphatic rings. The first-order valence-corrected chi connectivity index (χ1v) is 12.2. The molecule has 1 aromatic heterocycles. The van der Waals surface area contributed by atoms with Crippen molar-refractivity contribution in [2.24, 2.45) is 0 Å². The lowest BCUT2D eigenvalue weighted by Gasteiger charge is -2.15. The van der Waals surface area contributed by atoms with E-state index in [1.165, 1.54) is 5.56 Å². The second-order valence-electron chi connectivity index (χ2n) is 7.56. The third-order valence-electron chi connectivity index (χ3n) is 5.20. The Morgan fingerprint density at radius 1 is 1.06 bits per heavy atom. The van der Waals surface area contributed by atoms with Crippen LogP contribution < -0.4 is 14.8 Å². The predicted octanol–water partition coefficient (Wildman–Crippen LogP) is 5.09. The molecular weight excluding hydrogens is 470 g/mol. The van der Waals surface area contributed by atoms with Gasteiger partial charge in [0.1, 0.15) is 6.61 Å². The Morgan fingerprint density at radius 2 is 1.85 bits per heavy atom. The summed E-state index contributed by atoms with van der Waals surface area (Å²) in [7, 11) is 1.62. The number of methoxy groups -OCH3 is 1. The van der Waals surface area contributed by atoms with Gasteiger partial charge in [0.2, 0.25) is 5.16 Å². The highest BCUT2D eigenvalue weighted by atomic mass is 35.5. The van der Waals surface area contributed by atoms with Gasteiger partial charge in [-0.1, -0.05) is 65.8 Å². The summed E-state index contributed by atoms with van der Waals surface area (Å²) < 4.78 is 13.3. The van der Waals surface area contributed by atoms with E-state index >= 15 is 0 Å². The Hall–Kier alpha value is -3.07. The van der Waals surface area contributed by atoms with Crippen molar-refractivity contribution in [2.45, 2.75) is 25.2 Å². The van der Waals surface area contributed by atoms with Gasteiger partial charge in [0, 0.05) is 18.8 Å². The maximum atomic E-state index is 6.54. The smallest absolute Gasteiger partial charge is 0.214 e. The lowest BCUT2D eigenvalue weighted by atomic mass is 10.1. The minimum absolute atomic E-state index is 0.431. The first-order valence-electron chi connectivity index (χ1n) is 10.9. The van der Waals surface area contributed by atoms with Gasteiger partial charge in [0.25, 0.3) is 0 Å². The molecule has 4 rings (SSSR count). The second kappa shape index (κ2) is 11.9. The van der Waals surface area contributed by atoms with Crippen molar-refractivity contribution in [2.75, 3.05) is 19.4 Å². The molecule has 0 bridgehead atoms. The van der Waals surface area contributed by atoms with Crippen molar-refractivity contribution in [3.05, 3.63) is 88.4 Å². The number of nitrogens with zero attached hydrogens (tertiary/aromatic N) is 4. The molecule has 0 spiro atoms. The molecule has 1 N–H and O–H groups in total. The summed E-state index contributed by atoms with van der Waals surface area (Å²) in [5, 5.41) is 16.7. The maximum absolute atomic E-state index is 6.54. The molecule has 0 unspecified atom stereocenters. The van der Waals surface area contributed by atoms with Gasteiger partial charge in [-0.25, -0.2) is 0 Å². The number of tetrazole rings is 1. The van der Waals surface area contributed by atoms with E-state index in [0.717, 1.165) is 34.3 Å². The second-order valence-corrected chi connectivity index (χ2v) is 9.03. The van der Waals surface area contributed by atoms with Crippen molar-refractivity contribution in [3.63, 3.8) is 0 Å². The SMILES string of the molecule is COc1cc(CNCCSc2nnnn2-c2ccccc2)cc(Cl)c1OCc1ccccc1C. The maximum Gasteiger partial charge on any atom is 0.214 e. The third kappa shape index (κ3) is 6.08. The first-order chi connectivity index (χ1) is 16.7. The summed E-state index contributed by atoms with van der Waals surface area (Å²) in [6.07, 6.45) is 0. The van der Waals surface area contributed by atoms with Crippen LogP contribution >= 0.6 is 23.4 Å². The number of hydrogen-bond acceptors (Lipinski definition) is 7. The average molecular weight is 496 g/mol. The van der Waals surface area contributed by atoms with Gasteiger partial charge in [0.05, 0.1) is 17.8 Å². The molecule has 4 aromatic rings. The van der Waals surface area contributed by atoms with Gasteiger partial charge in [-0.3, -0.25) is 0 Å². The summed E-state index contributed by atoms with van der Waals surface area (Å²) in [4.78, 5) is 0. The van der Waals surface area contributed by atoms with Crippen LogP contribution in [-0.2, 0) is 13.2 Å². The normalized spacial score (nSPS) is 10.9. The third-order valence-corrected chi connectivity index (χ3v) is 6.41. The van der Waals surface area contributed by atoms with Crippen LogP contribution in [0.25, 0.3) is 5.69 Å². The number of thioether (sulfide) groups is 1. The van der Waals surface area contributed by atoms with Crippen molar-refractivity contribution >= 4 is 23.4 Å². The number of aryl methyl sites for hydroxylation is 1. The van der Waals surface area contributed by atoms with Gasteiger partial charge in [-0.15, -0.1) is 5.10 Å². The molecule has 9 heteroatoms. The van der Waals surface area contributed by atoms with E-state index in [1.54, 1.807) is 23.6 Å². The summed E-state index contributed by atoms with van der Waals surface area (Å²) >= 11 is 8.14. The van der Waals surface area contributed by atoms with Crippen molar-refractivity contribution in [1.82, 2.24) is 25.5 Å². The molecule has 3 aromatic carbocycles. The molecule has 1 heterocycles. The van der Waals surface area contributed by atoms with Gasteiger partial charge in [-0.2, -0.15) is 4.68 Å². The van der Waals surface area contributed by atoms with E-state index in [-0.39, 0.29) is 0 Å². The molecule has 0 saturated heterocycles. The highest BCUT2D eigenvalue weighted by Gasteiger charge is 2.13. The molecular formula is C25H26ClN5O2S. The topological polar surface area (TPSA) is 74.1 Å². The molecule has 0 amide bonds. The number of nitrogens with one attached hydrogen (secondary N) is 1. The van der Waals surface area contributed by atoms with Crippen LogP contribution in [0.2, 0.25) is 5.02 Å². The van der Waals surface area contributed by atoms with Crippen LogP contribution in [0.15, 0.2) is 71.9 Å². The fourth-order valence-electron chi connectivity index (χ4n) is 3.38. The van der Waals surface area contributed by atoms with Crippen LogP contribution in [-0.4, -0.2) is 39.6 Å². The Balaban J connectivity index is 1.30. The van der Waals surface area contributed by atoms with Crippen LogP contribution in [0.1, 0.15) is 16.7 Å². The van der Waals surface area contributed by atoms with Crippen LogP contribution in [0.5, 0.6) is 11.5 Å². The Morgan fingerprint density at radius 3 is 2.65 bits per heavy atom. The number of rotatable bonds is 11. The number of ether oxygens (including phenoxy) is 2. The fraction of sp³-hybridized carbons (Fsp3) is 0.240. The first kappa shape index (κ1) is 24.1. The lowest BCUT2D eigenvalue weighted by Crippen LogP contribution is -2.17. The predicted molar refractivity (Wildman–Crippen MR) is 135 cm³/mol. The summed E-state index contributed by atoms with van der Waals surface area (Å²) in [6.45, 7) is 3.92. The molecule has 34 heavy (non-hydrogen) atoms. The number of para-hydroxylation sites is 1. The zero-order valence-corrected chi connectivity index (χ0v) is 20.6. The van der Waals surface area contributed by atoms with Crippen LogP contribution in [0.4, 0.5) is 0 Å². The monoisotopic (exact) mass is 495 g/mol. The summed E-state index contributed by atoms with van der Waals surface area (Å²) in [6, 6.07) is 21.8. The quantitative estimate of drug-likeness (QED) is 0.229. The fourth-order valence-corrected chi connectivity index (χ4v) is 4.46. The standard InChI is InChI=1S/C25H26ClN5O2S/c1-18-8-6-7-9-20(18)17-33-24-22(26)14-19(15-23(24)32-2)16-27-12-13-34-25-28-29-30-31(25)21-10-4-3-5-11-21/h3-11,14-15,27H,12-13,16-17H2,1-2H3. The summed E-state index contributed by atoms with van der Waals surface area (Å²) in [5.74, 6) is 1.99. The molecule has 0 saturated carbocycles. The number of halogens is 1. The van der Waals surface area contributed by atoms with Gasteiger partial charge < -0.3 is 14.8 Å². The van der Waals surface area contributed by atoms with Crippen molar-refractivity contribution in [1.29, 1.82) is 0 Å². The zero-order valence-electron chi connectivity index (χ0n) is 19.1. The highest BCUT2D eigenvalue weighted by Crippen LogP contribution is 2.37. The van der Waals surface area contributed by atoms with E-state index in [2.05, 4.69) is 33.8 Å². The average Bonchev–Trinajstić information content (AvgIpc) is 3.33.